The molecular weight excluding hydrogens is 563 g/mol. The lowest BCUT2D eigenvalue weighted by atomic mass is 9.96. The molecule has 2 aliphatic rings. The molecule has 2 fully saturated rings. The van der Waals surface area contributed by atoms with Crippen molar-refractivity contribution < 1.29 is 80.9 Å². The van der Waals surface area contributed by atoms with Crippen LogP contribution >= 0.6 is 0 Å². The second-order valence-corrected chi connectivity index (χ2v) is 9.06. The van der Waals surface area contributed by atoms with E-state index >= 15 is 4.39 Å². The molecule has 10 atom stereocenters. The number of carbonyl (C=O) groups excluding carboxylic acids is 6. The van der Waals surface area contributed by atoms with Gasteiger partial charge in [-0.05, 0) is 0 Å². The van der Waals surface area contributed by atoms with Gasteiger partial charge in [0.25, 0.3) is 0 Å². The lowest BCUT2D eigenvalue weighted by Crippen LogP contribution is -2.66. The molecule has 0 aliphatic carbocycles. The average Bonchev–Trinajstić information content (AvgIpc) is 2.83. The molecule has 0 radical (unpaired) electrons. The summed E-state index contributed by atoms with van der Waals surface area (Å²) in [5, 5.41) is 10.8. The van der Waals surface area contributed by atoms with Crippen LogP contribution in [0.1, 0.15) is 41.5 Å². The minimum absolute atomic E-state index is 0.574. The van der Waals surface area contributed by atoms with Crippen molar-refractivity contribution in [2.24, 2.45) is 0 Å². The number of aliphatic hydroxyl groups is 1. The first kappa shape index (κ1) is 33.8. The molecule has 2 saturated heterocycles. The molecule has 2 aliphatic heterocycles. The summed E-state index contributed by atoms with van der Waals surface area (Å²) in [7, 11) is 0. The van der Waals surface area contributed by atoms with Gasteiger partial charge < -0.3 is 47.7 Å². The third kappa shape index (κ3) is 9.87. The number of hydrogen-bond acceptors (Lipinski definition) is 16. The Balaban J connectivity index is 2.57. The molecule has 0 amide bonds. The summed E-state index contributed by atoms with van der Waals surface area (Å²) in [6.45, 7) is 4.87. The maximum atomic E-state index is 15.1. The first-order valence-corrected chi connectivity index (χ1v) is 12.3. The first-order chi connectivity index (χ1) is 19.1. The Labute approximate surface area is 233 Å². The SMILES string of the molecule is CC(=O)OCC1O[C@@H](O[C@H]2C(COC(C)=O)O[C@@H](F)C(OC(C)=O)[C@H]2OC(C)=O)C(OC(C)=O)[C@@H](OC(C)=O)[C@H]1O. The zero-order valence-electron chi connectivity index (χ0n) is 23.1. The Morgan fingerprint density at radius 1 is 0.585 bits per heavy atom. The van der Waals surface area contributed by atoms with E-state index in [0.717, 1.165) is 41.5 Å². The zero-order valence-corrected chi connectivity index (χ0v) is 23.1. The van der Waals surface area contributed by atoms with Gasteiger partial charge in [-0.1, -0.05) is 0 Å². The number of ether oxygens (including phenoxy) is 9. The smallest absolute Gasteiger partial charge is 0.303 e. The zero-order chi connectivity index (χ0) is 31.0. The van der Waals surface area contributed by atoms with Crippen molar-refractivity contribution in [2.75, 3.05) is 13.2 Å². The van der Waals surface area contributed by atoms with Crippen LogP contribution in [0.3, 0.4) is 0 Å². The highest BCUT2D eigenvalue weighted by molar-refractivity contribution is 5.68. The van der Waals surface area contributed by atoms with Gasteiger partial charge >= 0.3 is 35.8 Å². The van der Waals surface area contributed by atoms with Gasteiger partial charge in [0.15, 0.2) is 30.7 Å². The van der Waals surface area contributed by atoms with Gasteiger partial charge in [0.2, 0.25) is 6.36 Å². The quantitative estimate of drug-likeness (QED) is 0.237. The molecule has 4 unspecified atom stereocenters. The van der Waals surface area contributed by atoms with E-state index in [1.807, 2.05) is 0 Å². The third-order valence-corrected chi connectivity index (χ3v) is 5.60. The predicted molar refractivity (Wildman–Crippen MR) is 125 cm³/mol. The molecule has 2 rings (SSSR count). The summed E-state index contributed by atoms with van der Waals surface area (Å²) in [4.78, 5) is 70.4. The van der Waals surface area contributed by atoms with Crippen LogP contribution in [0, 0.1) is 0 Å². The average molecular weight is 597 g/mol. The van der Waals surface area contributed by atoms with E-state index in [1.54, 1.807) is 0 Å². The van der Waals surface area contributed by atoms with Crippen molar-refractivity contribution in [2.45, 2.75) is 103 Å². The summed E-state index contributed by atoms with van der Waals surface area (Å²) in [6, 6.07) is 0. The van der Waals surface area contributed by atoms with E-state index in [2.05, 4.69) is 0 Å². The minimum Gasteiger partial charge on any atom is -0.463 e. The molecule has 2 heterocycles. The van der Waals surface area contributed by atoms with Crippen LogP contribution in [0.2, 0.25) is 0 Å². The highest BCUT2D eigenvalue weighted by Crippen LogP contribution is 2.34. The molecule has 0 bridgehead atoms. The molecule has 0 aromatic rings. The highest BCUT2D eigenvalue weighted by Gasteiger charge is 2.56. The van der Waals surface area contributed by atoms with Gasteiger partial charge in [0, 0.05) is 41.5 Å². The summed E-state index contributed by atoms with van der Waals surface area (Å²) < 4.78 is 62.5. The van der Waals surface area contributed by atoms with Crippen LogP contribution in [0.15, 0.2) is 0 Å². The highest BCUT2D eigenvalue weighted by atomic mass is 19.1. The minimum atomic E-state index is -2.38. The van der Waals surface area contributed by atoms with Crippen LogP contribution in [-0.4, -0.2) is 116 Å². The molecule has 17 heteroatoms. The molecular formula is C24H33FO16. The summed E-state index contributed by atoms with van der Waals surface area (Å²) in [6.07, 6.45) is -17.5. The van der Waals surface area contributed by atoms with Crippen LogP contribution in [-0.2, 0) is 71.4 Å². The van der Waals surface area contributed by atoms with E-state index < -0.39 is 111 Å². The van der Waals surface area contributed by atoms with Crippen LogP contribution < -0.4 is 0 Å². The predicted octanol–water partition coefficient (Wildman–Crippen LogP) is -0.995. The molecule has 0 aromatic heterocycles. The van der Waals surface area contributed by atoms with Crippen LogP contribution in [0.4, 0.5) is 4.39 Å². The summed E-state index contributed by atoms with van der Waals surface area (Å²) in [5.74, 6) is -5.30. The van der Waals surface area contributed by atoms with Crippen LogP contribution in [0.25, 0.3) is 0 Å². The lowest BCUT2D eigenvalue weighted by Gasteiger charge is -2.47. The second-order valence-electron chi connectivity index (χ2n) is 9.06. The maximum Gasteiger partial charge on any atom is 0.303 e. The maximum absolute atomic E-state index is 15.1. The Hall–Kier alpha value is -3.41. The normalized spacial score (nSPS) is 33.1. The van der Waals surface area contributed by atoms with Gasteiger partial charge in [0.1, 0.15) is 37.6 Å². The van der Waals surface area contributed by atoms with Crippen molar-refractivity contribution in [1.29, 1.82) is 0 Å². The number of hydrogen-bond donors (Lipinski definition) is 1. The van der Waals surface area contributed by atoms with Gasteiger partial charge in [-0.15, -0.1) is 0 Å². The molecule has 41 heavy (non-hydrogen) atoms. The number of rotatable bonds is 10. The Bertz CT molecular complexity index is 987. The Kier molecular flexibility index (Phi) is 12.4. The number of carbonyl (C=O) groups is 6. The van der Waals surface area contributed by atoms with Crippen LogP contribution in [0.5, 0.6) is 0 Å². The number of aliphatic hydroxyl groups excluding tert-OH is 1. The Morgan fingerprint density at radius 2 is 1.02 bits per heavy atom. The first-order valence-electron chi connectivity index (χ1n) is 12.3. The standard InChI is InChI=1S/C24H33FO16/c1-9(26)33-7-15-17(32)19(35-11(3)28)22(38-14(6)31)24(40-15)41-18-16(8-34-10(2)27)39-23(25)21(37-13(5)30)20(18)36-12(4)29/h15-24,32H,7-8H2,1-6H3/t15?,16?,17-,18-,19-,20-,21?,22?,23+,24-/m0/s1. The topological polar surface area (TPSA) is 206 Å². The molecule has 1 N–H and O–H groups in total. The monoisotopic (exact) mass is 596 g/mol. The number of halogens is 1. The Morgan fingerprint density at radius 3 is 1.51 bits per heavy atom. The number of alkyl halides is 1. The molecule has 16 nitrogen and oxygen atoms in total. The van der Waals surface area contributed by atoms with E-state index in [9.17, 15) is 33.9 Å². The van der Waals surface area contributed by atoms with E-state index in [1.165, 1.54) is 0 Å². The third-order valence-electron chi connectivity index (χ3n) is 5.60. The van der Waals surface area contributed by atoms with Gasteiger partial charge in [-0.2, -0.15) is 0 Å². The van der Waals surface area contributed by atoms with Gasteiger partial charge in [-0.3, -0.25) is 28.8 Å². The van der Waals surface area contributed by atoms with Crippen molar-refractivity contribution >= 4 is 35.8 Å². The van der Waals surface area contributed by atoms with E-state index in [0.29, 0.717) is 0 Å². The molecule has 232 valence electrons. The fraction of sp³-hybridized carbons (Fsp3) is 0.750. The van der Waals surface area contributed by atoms with Crippen molar-refractivity contribution in [3.8, 4) is 0 Å². The van der Waals surface area contributed by atoms with Crippen molar-refractivity contribution in [3.05, 3.63) is 0 Å². The van der Waals surface area contributed by atoms with E-state index in [4.69, 9.17) is 42.6 Å². The summed E-state index contributed by atoms with van der Waals surface area (Å²) in [5.41, 5.74) is 0. The number of esters is 6. The lowest BCUT2D eigenvalue weighted by molar-refractivity contribution is -0.351. The molecule has 0 aromatic carbocycles. The largest absolute Gasteiger partial charge is 0.463 e. The van der Waals surface area contributed by atoms with Crippen molar-refractivity contribution in [3.63, 3.8) is 0 Å². The van der Waals surface area contributed by atoms with E-state index in [-0.39, 0.29) is 0 Å². The molecule has 0 saturated carbocycles. The molecule has 0 spiro atoms. The fourth-order valence-corrected chi connectivity index (χ4v) is 4.14. The fourth-order valence-electron chi connectivity index (χ4n) is 4.14. The van der Waals surface area contributed by atoms with Gasteiger partial charge in [0.05, 0.1) is 0 Å². The van der Waals surface area contributed by atoms with Crippen molar-refractivity contribution in [1.82, 2.24) is 0 Å². The van der Waals surface area contributed by atoms with Gasteiger partial charge in [-0.25, -0.2) is 4.39 Å². The second kappa shape index (κ2) is 15.0. The summed E-state index contributed by atoms with van der Waals surface area (Å²) >= 11 is 0.